The molecule has 1 saturated heterocycles. The molecule has 250 valence electrons. The van der Waals surface area contributed by atoms with Crippen LogP contribution in [0.4, 0.5) is 32.8 Å². The highest BCUT2D eigenvalue weighted by Crippen LogP contribution is 2.35. The third-order valence-corrected chi connectivity index (χ3v) is 7.51. The van der Waals surface area contributed by atoms with E-state index in [4.69, 9.17) is 15.2 Å². The number of nitrogens with one attached hydrogen (secondary N) is 1. The van der Waals surface area contributed by atoms with E-state index in [-0.39, 0.29) is 47.8 Å². The van der Waals surface area contributed by atoms with Crippen LogP contribution in [0.3, 0.4) is 0 Å². The number of primary amides is 1. The fourth-order valence-electron chi connectivity index (χ4n) is 5.50. The number of aliphatic hydroxyl groups is 1. The van der Waals surface area contributed by atoms with E-state index in [1.165, 1.54) is 18.6 Å². The lowest BCUT2D eigenvalue weighted by atomic mass is 9.83. The summed E-state index contributed by atoms with van der Waals surface area (Å²) in [6, 6.07) is 4.92. The quantitative estimate of drug-likeness (QED) is 0.233. The van der Waals surface area contributed by atoms with E-state index in [2.05, 4.69) is 25.3 Å². The van der Waals surface area contributed by atoms with Gasteiger partial charge in [0, 0.05) is 18.7 Å². The minimum absolute atomic E-state index is 0.0235. The number of anilines is 1. The lowest BCUT2D eigenvalue weighted by Gasteiger charge is -2.46. The molecule has 5 rings (SSSR count). The van der Waals surface area contributed by atoms with Crippen molar-refractivity contribution in [1.29, 1.82) is 0 Å². The molecule has 2 amide bonds. The van der Waals surface area contributed by atoms with Gasteiger partial charge in [0.25, 0.3) is 12.3 Å². The summed E-state index contributed by atoms with van der Waals surface area (Å²) in [4.78, 5) is 42.7. The lowest BCUT2D eigenvalue weighted by molar-refractivity contribution is -0.0664. The van der Waals surface area contributed by atoms with E-state index in [0.29, 0.717) is 24.2 Å². The van der Waals surface area contributed by atoms with Gasteiger partial charge in [0.15, 0.2) is 22.8 Å². The van der Waals surface area contributed by atoms with E-state index in [9.17, 15) is 32.3 Å². The number of aliphatic hydroxyl groups excluding tert-OH is 1. The molecule has 1 aromatic carbocycles. The van der Waals surface area contributed by atoms with Gasteiger partial charge in [-0.15, -0.1) is 0 Å². The Morgan fingerprint density at radius 3 is 2.57 bits per heavy atom. The number of alkyl carbamates (subject to hydrolysis) is 1. The molecule has 4 heterocycles. The summed E-state index contributed by atoms with van der Waals surface area (Å²) in [6.07, 6.45) is -3.20. The van der Waals surface area contributed by atoms with Crippen molar-refractivity contribution >= 4 is 29.0 Å². The standard InChI is InChI=1S/C30H32F4N8O5/c1-29(2,3)47-28(45)40-30(23(43)24(33)34)7-4-8-41(13-30)21-11-36-20(16-5-6-18(31)19(32)9-16)10-17(21)12-42-15-39-22-25(42)37-14-38-26(22)46-27(35)44/h5-6,9-11,14-15,23-24,43H,4,7-8,12-13H2,1-3H3,(H2,35,44)(H,40,45). The fourth-order valence-corrected chi connectivity index (χ4v) is 5.50. The summed E-state index contributed by atoms with van der Waals surface area (Å²) in [7, 11) is 0. The van der Waals surface area contributed by atoms with Crippen molar-refractivity contribution in [2.75, 3.05) is 18.0 Å². The molecule has 4 aromatic rings. The number of carbonyl (C=O) groups excluding carboxylic acids is 2. The Labute approximate surface area is 265 Å². The molecule has 17 heteroatoms. The fraction of sp³-hybridized carbons (Fsp3) is 0.400. The van der Waals surface area contributed by atoms with E-state index in [1.807, 2.05) is 0 Å². The van der Waals surface area contributed by atoms with Crippen LogP contribution < -0.4 is 20.7 Å². The predicted molar refractivity (Wildman–Crippen MR) is 160 cm³/mol. The summed E-state index contributed by atoms with van der Waals surface area (Å²) in [5.41, 5.74) is 4.25. The van der Waals surface area contributed by atoms with Crippen molar-refractivity contribution in [2.24, 2.45) is 5.73 Å². The van der Waals surface area contributed by atoms with Crippen LogP contribution >= 0.6 is 0 Å². The number of hydrogen-bond donors (Lipinski definition) is 3. The zero-order chi connectivity index (χ0) is 34.1. The highest BCUT2D eigenvalue weighted by molar-refractivity contribution is 5.80. The number of nitrogens with two attached hydrogens (primary N) is 1. The second-order valence-corrected chi connectivity index (χ2v) is 12.1. The Morgan fingerprint density at radius 1 is 1.13 bits per heavy atom. The molecule has 1 fully saturated rings. The summed E-state index contributed by atoms with van der Waals surface area (Å²) in [5.74, 6) is -2.29. The highest BCUT2D eigenvalue weighted by Gasteiger charge is 2.48. The molecule has 1 aliphatic heterocycles. The third kappa shape index (κ3) is 7.34. The number of piperidine rings is 1. The van der Waals surface area contributed by atoms with Crippen molar-refractivity contribution in [2.45, 2.75) is 63.8 Å². The number of hydrogen-bond acceptors (Lipinski definition) is 10. The van der Waals surface area contributed by atoms with Gasteiger partial charge in [0.2, 0.25) is 0 Å². The van der Waals surface area contributed by atoms with Gasteiger partial charge < -0.3 is 35.1 Å². The molecule has 0 saturated carbocycles. The molecule has 2 unspecified atom stereocenters. The average molecular weight is 661 g/mol. The first kappa shape index (κ1) is 33.3. The van der Waals surface area contributed by atoms with Gasteiger partial charge in [0.1, 0.15) is 18.0 Å². The maximum Gasteiger partial charge on any atom is 0.411 e. The van der Waals surface area contributed by atoms with Crippen LogP contribution in [0.2, 0.25) is 0 Å². The summed E-state index contributed by atoms with van der Waals surface area (Å²) in [6.45, 7) is 4.97. The maximum absolute atomic E-state index is 14.2. The predicted octanol–water partition coefficient (Wildman–Crippen LogP) is 4.16. The van der Waals surface area contributed by atoms with Gasteiger partial charge in [-0.2, -0.15) is 4.98 Å². The number of fused-ring (bicyclic) bond motifs is 1. The van der Waals surface area contributed by atoms with Crippen LogP contribution in [0, 0.1) is 11.6 Å². The van der Waals surface area contributed by atoms with Crippen molar-refractivity contribution in [3.8, 4) is 17.1 Å². The van der Waals surface area contributed by atoms with Gasteiger partial charge in [-0.25, -0.2) is 37.1 Å². The molecule has 0 aliphatic carbocycles. The molecule has 0 spiro atoms. The lowest BCUT2D eigenvalue weighted by Crippen LogP contribution is -2.67. The molecule has 4 N–H and O–H groups in total. The van der Waals surface area contributed by atoms with Gasteiger partial charge in [0.05, 0.1) is 36.0 Å². The Hall–Kier alpha value is -5.06. The van der Waals surface area contributed by atoms with Crippen LogP contribution in [0.15, 0.2) is 43.1 Å². The topological polar surface area (TPSA) is 171 Å². The minimum Gasteiger partial charge on any atom is -0.444 e. The average Bonchev–Trinajstić information content (AvgIpc) is 3.40. The van der Waals surface area contributed by atoms with Gasteiger partial charge in [-0.1, -0.05) is 0 Å². The number of pyridine rings is 1. The molecule has 2 atom stereocenters. The molecule has 0 bridgehead atoms. The van der Waals surface area contributed by atoms with Crippen molar-refractivity contribution < 1.29 is 41.7 Å². The van der Waals surface area contributed by atoms with E-state index < -0.39 is 47.5 Å². The largest absolute Gasteiger partial charge is 0.444 e. The van der Waals surface area contributed by atoms with Crippen molar-refractivity contribution in [1.82, 2.24) is 29.8 Å². The summed E-state index contributed by atoms with van der Waals surface area (Å²) >= 11 is 0. The zero-order valence-electron chi connectivity index (χ0n) is 25.6. The number of benzene rings is 1. The number of alkyl halides is 2. The molecular formula is C30H32F4N8O5. The minimum atomic E-state index is -3.19. The first-order chi connectivity index (χ1) is 22.2. The first-order valence-electron chi connectivity index (χ1n) is 14.5. The number of aromatic nitrogens is 5. The maximum atomic E-state index is 14.2. The Morgan fingerprint density at radius 2 is 1.89 bits per heavy atom. The van der Waals surface area contributed by atoms with Crippen LogP contribution in [0.1, 0.15) is 39.2 Å². The first-order valence-corrected chi connectivity index (χ1v) is 14.5. The number of rotatable bonds is 8. The van der Waals surface area contributed by atoms with E-state index >= 15 is 0 Å². The van der Waals surface area contributed by atoms with Crippen LogP contribution in [0.25, 0.3) is 22.4 Å². The normalized spacial score (nSPS) is 17.5. The number of ether oxygens (including phenoxy) is 2. The van der Waals surface area contributed by atoms with E-state index in [1.54, 1.807) is 36.3 Å². The van der Waals surface area contributed by atoms with Crippen molar-refractivity contribution in [3.05, 3.63) is 60.3 Å². The van der Waals surface area contributed by atoms with Gasteiger partial charge in [-0.05, 0) is 63.4 Å². The van der Waals surface area contributed by atoms with Crippen molar-refractivity contribution in [3.63, 3.8) is 0 Å². The van der Waals surface area contributed by atoms with Crippen LogP contribution in [-0.2, 0) is 11.3 Å². The summed E-state index contributed by atoms with van der Waals surface area (Å²) in [5, 5.41) is 13.3. The van der Waals surface area contributed by atoms with Gasteiger partial charge in [-0.3, -0.25) is 4.98 Å². The number of nitrogens with zero attached hydrogens (tertiary/aromatic N) is 6. The second kappa shape index (κ2) is 13.0. The number of carbonyl (C=O) groups is 2. The van der Waals surface area contributed by atoms with Crippen LogP contribution in [-0.4, -0.2) is 78.6 Å². The van der Waals surface area contributed by atoms with E-state index in [0.717, 1.165) is 18.5 Å². The second-order valence-electron chi connectivity index (χ2n) is 12.1. The number of halogens is 4. The smallest absolute Gasteiger partial charge is 0.411 e. The third-order valence-electron chi connectivity index (χ3n) is 7.51. The van der Waals surface area contributed by atoms with Crippen LogP contribution in [0.5, 0.6) is 5.88 Å². The molecule has 0 radical (unpaired) electrons. The molecular weight excluding hydrogens is 628 g/mol. The monoisotopic (exact) mass is 660 g/mol. The molecule has 47 heavy (non-hydrogen) atoms. The summed E-state index contributed by atoms with van der Waals surface area (Å²) < 4.78 is 67.9. The molecule has 3 aromatic heterocycles. The highest BCUT2D eigenvalue weighted by atomic mass is 19.3. The Bertz CT molecular complexity index is 1800. The Balaban J connectivity index is 1.58. The Kier molecular flexibility index (Phi) is 9.20. The number of amides is 2. The molecule has 13 nitrogen and oxygen atoms in total. The zero-order valence-corrected chi connectivity index (χ0v) is 25.6. The number of imidazole rings is 1. The molecule has 1 aliphatic rings. The van der Waals surface area contributed by atoms with Gasteiger partial charge >= 0.3 is 12.2 Å². The SMILES string of the molecule is CC(C)(C)OC(=O)NC1(C(O)C(F)F)CCCN(c2cnc(-c3ccc(F)c(F)c3)cc2Cn2cnc3c(OC(N)=O)ncnc32)C1.